The van der Waals surface area contributed by atoms with Crippen LogP contribution < -0.4 is 0 Å². The molecule has 0 saturated heterocycles. The normalized spacial score (nSPS) is 16.6. The maximum absolute atomic E-state index is 11.4. The molecular weight excluding hydrogens is 122 g/mol. The minimum atomic E-state index is -4.40. The third-order valence-corrected chi connectivity index (χ3v) is 1.39. The first-order valence-electron chi connectivity index (χ1n) is 1.64. The van der Waals surface area contributed by atoms with E-state index in [1.54, 1.807) is 0 Å². The van der Waals surface area contributed by atoms with Crippen molar-refractivity contribution in [1.29, 1.82) is 0 Å². The first-order valence-corrected chi connectivity index (χ1v) is 3.32. The number of halogens is 1. The molecule has 0 unspecified atom stereocenters. The van der Waals surface area contributed by atoms with Gasteiger partial charge in [0.15, 0.2) is 5.91 Å². The van der Waals surface area contributed by atoms with Crippen molar-refractivity contribution in [3.63, 3.8) is 0 Å². The van der Waals surface area contributed by atoms with Gasteiger partial charge in [0.25, 0.3) is 0 Å². The summed E-state index contributed by atoms with van der Waals surface area (Å²) in [6.45, 7) is 0.820. The first-order chi connectivity index (χ1) is 2.94. The smallest absolute Gasteiger partial charge is 0.322 e. The van der Waals surface area contributed by atoms with Gasteiger partial charge >= 0.3 is 7.60 Å². The fourth-order valence-corrected chi connectivity index (χ4v) is 0. The Hall–Kier alpha value is 0.0800. The van der Waals surface area contributed by atoms with Crippen LogP contribution in [0.4, 0.5) is 4.39 Å². The fourth-order valence-electron chi connectivity index (χ4n) is 0. The van der Waals surface area contributed by atoms with Gasteiger partial charge in [-0.3, -0.25) is 4.57 Å². The molecule has 0 radical (unpaired) electrons. The maximum atomic E-state index is 11.4. The van der Waals surface area contributed by atoms with Crippen molar-refractivity contribution in [1.82, 2.24) is 0 Å². The van der Waals surface area contributed by atoms with Crippen LogP contribution in [0.1, 0.15) is 6.92 Å². The molecule has 7 heavy (non-hydrogen) atoms. The standard InChI is InChI=1S/C2H6FO3P/c1-2(3)7(4,5)6/h2H,1H3,(H2,4,5,6)/t2-/m1/s1. The van der Waals surface area contributed by atoms with Crippen molar-refractivity contribution >= 4 is 7.60 Å². The molecule has 0 rings (SSSR count). The lowest BCUT2D eigenvalue weighted by Crippen LogP contribution is -1.91. The van der Waals surface area contributed by atoms with E-state index < -0.39 is 13.5 Å². The van der Waals surface area contributed by atoms with E-state index in [0.717, 1.165) is 6.92 Å². The molecule has 0 saturated carbocycles. The second-order valence-corrected chi connectivity index (χ2v) is 3.05. The zero-order valence-electron chi connectivity index (χ0n) is 3.71. The lowest BCUT2D eigenvalue weighted by atomic mass is 10.9. The van der Waals surface area contributed by atoms with Crippen LogP contribution in [0.2, 0.25) is 0 Å². The Labute approximate surface area is 40.3 Å². The van der Waals surface area contributed by atoms with Crippen LogP contribution in [0.3, 0.4) is 0 Å². The molecule has 0 aromatic heterocycles. The Bertz CT molecular complexity index is 95.1. The van der Waals surface area contributed by atoms with E-state index in [1.165, 1.54) is 0 Å². The van der Waals surface area contributed by atoms with Gasteiger partial charge in [0.2, 0.25) is 0 Å². The molecule has 0 bridgehead atoms. The van der Waals surface area contributed by atoms with Gasteiger partial charge in [-0.2, -0.15) is 0 Å². The second-order valence-electron chi connectivity index (χ2n) is 1.16. The van der Waals surface area contributed by atoms with Crippen molar-refractivity contribution < 1.29 is 18.7 Å². The minimum Gasteiger partial charge on any atom is -0.322 e. The molecule has 2 N–H and O–H groups in total. The van der Waals surface area contributed by atoms with E-state index in [-0.39, 0.29) is 0 Å². The van der Waals surface area contributed by atoms with Crippen LogP contribution in [-0.4, -0.2) is 15.7 Å². The summed E-state index contributed by atoms with van der Waals surface area (Å²) in [4.78, 5) is 15.7. The van der Waals surface area contributed by atoms with E-state index in [2.05, 4.69) is 0 Å². The third-order valence-electron chi connectivity index (χ3n) is 0.463. The summed E-state index contributed by atoms with van der Waals surface area (Å²) >= 11 is 0. The summed E-state index contributed by atoms with van der Waals surface area (Å²) in [5, 5.41) is 0. The molecule has 0 aliphatic rings. The largest absolute Gasteiger partial charge is 0.359 e. The maximum Gasteiger partial charge on any atom is 0.359 e. The molecule has 0 aromatic carbocycles. The third kappa shape index (κ3) is 2.74. The molecule has 0 aliphatic heterocycles. The number of rotatable bonds is 1. The van der Waals surface area contributed by atoms with Crippen LogP contribution in [0, 0.1) is 0 Å². The zero-order valence-corrected chi connectivity index (χ0v) is 4.60. The zero-order chi connectivity index (χ0) is 6.08. The molecule has 0 aliphatic carbocycles. The lowest BCUT2D eigenvalue weighted by molar-refractivity contribution is 0.310. The Balaban J connectivity index is 3.80. The van der Waals surface area contributed by atoms with Crippen LogP contribution in [0.5, 0.6) is 0 Å². The van der Waals surface area contributed by atoms with E-state index in [4.69, 9.17) is 9.79 Å². The molecule has 0 amide bonds. The highest BCUT2D eigenvalue weighted by atomic mass is 31.2. The topological polar surface area (TPSA) is 57.5 Å². The summed E-state index contributed by atoms with van der Waals surface area (Å²) in [7, 11) is -4.40. The fraction of sp³-hybridized carbons (Fsp3) is 1.00. The van der Waals surface area contributed by atoms with Crippen LogP contribution in [0.25, 0.3) is 0 Å². The summed E-state index contributed by atoms with van der Waals surface area (Å²) in [6, 6.07) is 0. The molecule has 0 spiro atoms. The molecule has 3 nitrogen and oxygen atoms in total. The van der Waals surface area contributed by atoms with Crippen molar-refractivity contribution in [2.45, 2.75) is 12.8 Å². The Morgan fingerprint density at radius 2 is 1.86 bits per heavy atom. The van der Waals surface area contributed by atoms with E-state index in [9.17, 15) is 8.96 Å². The molecule has 0 aromatic rings. The van der Waals surface area contributed by atoms with Gasteiger partial charge < -0.3 is 9.79 Å². The van der Waals surface area contributed by atoms with E-state index in [1.807, 2.05) is 0 Å². The highest BCUT2D eigenvalue weighted by Crippen LogP contribution is 2.41. The van der Waals surface area contributed by atoms with E-state index in [0.29, 0.717) is 0 Å². The summed E-state index contributed by atoms with van der Waals surface area (Å²) in [5.74, 6) is -2.03. The second kappa shape index (κ2) is 1.90. The molecule has 44 valence electrons. The SMILES string of the molecule is C[C@H](F)P(=O)(O)O. The van der Waals surface area contributed by atoms with Crippen molar-refractivity contribution in [3.05, 3.63) is 0 Å². The molecule has 5 heteroatoms. The van der Waals surface area contributed by atoms with Gasteiger partial charge in [-0.15, -0.1) is 0 Å². The Morgan fingerprint density at radius 1 is 1.71 bits per heavy atom. The summed E-state index contributed by atoms with van der Waals surface area (Å²) in [6.07, 6.45) is 0. The molecule has 0 heterocycles. The summed E-state index contributed by atoms with van der Waals surface area (Å²) < 4.78 is 21.1. The highest BCUT2D eigenvalue weighted by molar-refractivity contribution is 7.52. The number of hydrogen-bond acceptors (Lipinski definition) is 1. The monoisotopic (exact) mass is 128 g/mol. The quantitative estimate of drug-likeness (QED) is 0.505. The van der Waals surface area contributed by atoms with Crippen molar-refractivity contribution in [2.24, 2.45) is 0 Å². The van der Waals surface area contributed by atoms with Gasteiger partial charge in [0, 0.05) is 0 Å². The average molecular weight is 128 g/mol. The van der Waals surface area contributed by atoms with Gasteiger partial charge in [0.05, 0.1) is 0 Å². The average Bonchev–Trinajstić information content (AvgIpc) is 1.31. The number of hydrogen-bond donors (Lipinski definition) is 2. The minimum absolute atomic E-state index is 0.820. The van der Waals surface area contributed by atoms with Crippen LogP contribution >= 0.6 is 7.60 Å². The van der Waals surface area contributed by atoms with Gasteiger partial charge in [-0.25, -0.2) is 4.39 Å². The Morgan fingerprint density at radius 3 is 1.86 bits per heavy atom. The highest BCUT2D eigenvalue weighted by Gasteiger charge is 2.22. The molecular formula is C2H6FO3P. The predicted molar refractivity (Wildman–Crippen MR) is 22.6 cm³/mol. The van der Waals surface area contributed by atoms with E-state index >= 15 is 0 Å². The molecule has 1 atom stereocenters. The van der Waals surface area contributed by atoms with Gasteiger partial charge in [0.1, 0.15) is 0 Å². The van der Waals surface area contributed by atoms with Gasteiger partial charge in [-0.05, 0) is 6.92 Å². The number of alkyl halides is 1. The van der Waals surface area contributed by atoms with Crippen LogP contribution in [-0.2, 0) is 4.57 Å². The molecule has 0 fully saturated rings. The first kappa shape index (κ1) is 7.08. The van der Waals surface area contributed by atoms with Crippen LogP contribution in [0.15, 0.2) is 0 Å². The lowest BCUT2D eigenvalue weighted by Gasteiger charge is -2.00. The van der Waals surface area contributed by atoms with Crippen molar-refractivity contribution in [3.8, 4) is 0 Å². The van der Waals surface area contributed by atoms with Gasteiger partial charge in [-0.1, -0.05) is 0 Å². The predicted octanol–water partition coefficient (Wildman–Crippen LogP) is 0.480. The Kier molecular flexibility index (Phi) is 1.92. The summed E-state index contributed by atoms with van der Waals surface area (Å²) in [5.41, 5.74) is 0. The van der Waals surface area contributed by atoms with Crippen molar-refractivity contribution in [2.75, 3.05) is 0 Å².